The molecule has 0 aliphatic carbocycles. The Hall–Kier alpha value is -2.66. The zero-order valence-electron chi connectivity index (χ0n) is 11.3. The van der Waals surface area contributed by atoms with Crippen LogP contribution in [0.5, 0.6) is 0 Å². The average molecular weight is 316 g/mol. The Morgan fingerprint density at radius 3 is 2.64 bits per heavy atom. The Balaban J connectivity index is 1.89. The maximum atomic E-state index is 13.1. The van der Waals surface area contributed by atoms with Crippen LogP contribution in [0.2, 0.25) is 5.02 Å². The molecule has 3 aromatic rings. The van der Waals surface area contributed by atoms with Gasteiger partial charge in [-0.25, -0.2) is 9.38 Å². The first-order chi connectivity index (χ1) is 10.6. The lowest BCUT2D eigenvalue weighted by atomic mass is 10.1. The van der Waals surface area contributed by atoms with Gasteiger partial charge < -0.3 is 10.3 Å². The van der Waals surface area contributed by atoms with Crippen LogP contribution in [0.15, 0.2) is 64.1 Å². The summed E-state index contributed by atoms with van der Waals surface area (Å²) >= 11 is 5.71. The van der Waals surface area contributed by atoms with Gasteiger partial charge in [-0.15, -0.1) is 0 Å². The second kappa shape index (κ2) is 5.99. The van der Waals surface area contributed by atoms with Crippen molar-refractivity contribution >= 4 is 23.1 Å². The van der Waals surface area contributed by atoms with E-state index < -0.39 is 5.82 Å². The van der Waals surface area contributed by atoms with Gasteiger partial charge in [-0.2, -0.15) is 0 Å². The molecule has 0 atom stereocenters. The average Bonchev–Trinajstić information content (AvgIpc) is 3.02. The summed E-state index contributed by atoms with van der Waals surface area (Å²) in [6.07, 6.45) is 0. The Morgan fingerprint density at radius 2 is 1.91 bits per heavy atom. The molecule has 0 saturated carbocycles. The van der Waals surface area contributed by atoms with Crippen LogP contribution in [0, 0.1) is 5.82 Å². The first kappa shape index (κ1) is 14.3. The van der Waals surface area contributed by atoms with Gasteiger partial charge in [-0.1, -0.05) is 47.1 Å². The fraction of sp³-hybridized carbons (Fsp3) is 0. The van der Waals surface area contributed by atoms with Crippen LogP contribution in [0.4, 0.5) is 10.1 Å². The topological polar surface area (TPSA) is 64.4 Å². The molecule has 0 aliphatic rings. The molecule has 0 bridgehead atoms. The molecule has 2 aromatic carbocycles. The van der Waals surface area contributed by atoms with Gasteiger partial charge in [0.05, 0.1) is 10.7 Å². The van der Waals surface area contributed by atoms with Crippen LogP contribution in [-0.2, 0) is 0 Å². The van der Waals surface area contributed by atoms with Crippen LogP contribution in [-0.4, -0.2) is 11.0 Å². The maximum Gasteiger partial charge on any atom is 0.202 e. The lowest BCUT2D eigenvalue weighted by molar-refractivity contribution is 0.415. The summed E-state index contributed by atoms with van der Waals surface area (Å²) in [5.74, 6) is -0.0399. The summed E-state index contributed by atoms with van der Waals surface area (Å²) < 4.78 is 18.3. The van der Waals surface area contributed by atoms with E-state index in [0.717, 1.165) is 5.56 Å². The monoisotopic (exact) mass is 315 g/mol. The minimum absolute atomic E-state index is 0.0170. The Kier molecular flexibility index (Phi) is 3.89. The van der Waals surface area contributed by atoms with Crippen LogP contribution >= 0.6 is 11.6 Å². The minimum atomic E-state index is -0.509. The Bertz CT molecular complexity index is 830. The van der Waals surface area contributed by atoms with Gasteiger partial charge in [0.1, 0.15) is 11.5 Å². The molecule has 0 aliphatic heterocycles. The molecular weight excluding hydrogens is 305 g/mol. The molecule has 110 valence electrons. The van der Waals surface area contributed by atoms with E-state index in [1.54, 1.807) is 6.07 Å². The Labute approximate surface area is 131 Å². The third-order valence-electron chi connectivity index (χ3n) is 2.98. The van der Waals surface area contributed by atoms with E-state index in [-0.39, 0.29) is 10.9 Å². The first-order valence-corrected chi connectivity index (χ1v) is 6.83. The van der Waals surface area contributed by atoms with Gasteiger partial charge in [-0.05, 0) is 18.2 Å². The van der Waals surface area contributed by atoms with E-state index in [0.29, 0.717) is 17.1 Å². The molecule has 0 unspecified atom stereocenters. The highest BCUT2D eigenvalue weighted by molar-refractivity contribution is 6.31. The molecule has 0 fully saturated rings. The van der Waals surface area contributed by atoms with Gasteiger partial charge in [0, 0.05) is 11.6 Å². The zero-order valence-corrected chi connectivity index (χ0v) is 12.1. The smallest absolute Gasteiger partial charge is 0.202 e. The molecule has 3 rings (SSSR count). The predicted octanol–water partition coefficient (Wildman–Crippen LogP) is 4.17. The predicted molar refractivity (Wildman–Crippen MR) is 83.7 cm³/mol. The second-order valence-electron chi connectivity index (χ2n) is 4.54. The molecule has 1 heterocycles. The summed E-state index contributed by atoms with van der Waals surface area (Å²) in [7, 11) is 0. The summed E-state index contributed by atoms with van der Waals surface area (Å²) in [6, 6.07) is 15.3. The van der Waals surface area contributed by atoms with Gasteiger partial charge in [-0.3, -0.25) is 0 Å². The van der Waals surface area contributed by atoms with Crippen molar-refractivity contribution in [3.05, 3.63) is 71.2 Å². The van der Waals surface area contributed by atoms with Crippen molar-refractivity contribution in [2.24, 2.45) is 10.7 Å². The number of aromatic nitrogens is 1. The lowest BCUT2D eigenvalue weighted by Gasteiger charge is -1.98. The summed E-state index contributed by atoms with van der Waals surface area (Å²) in [4.78, 5) is 4.15. The van der Waals surface area contributed by atoms with Crippen molar-refractivity contribution in [1.82, 2.24) is 5.16 Å². The number of rotatable bonds is 3. The number of aliphatic imine (C=N–C) groups is 1. The number of nitrogens with zero attached hydrogens (tertiary/aromatic N) is 2. The number of halogens is 2. The molecule has 0 amide bonds. The molecule has 1 aromatic heterocycles. The minimum Gasteiger partial charge on any atom is -0.380 e. The molecule has 0 radical (unpaired) electrons. The SMILES string of the molecule is NC(=Nc1ccc(F)c(Cl)c1)c1cc(-c2ccccc2)no1. The van der Waals surface area contributed by atoms with E-state index in [2.05, 4.69) is 10.1 Å². The summed E-state index contributed by atoms with van der Waals surface area (Å²) in [6.45, 7) is 0. The highest BCUT2D eigenvalue weighted by atomic mass is 35.5. The van der Waals surface area contributed by atoms with Crippen LogP contribution < -0.4 is 5.73 Å². The van der Waals surface area contributed by atoms with Gasteiger partial charge >= 0.3 is 0 Å². The van der Waals surface area contributed by atoms with E-state index in [1.807, 2.05) is 30.3 Å². The van der Waals surface area contributed by atoms with Crippen molar-refractivity contribution < 1.29 is 8.91 Å². The molecule has 2 N–H and O–H groups in total. The van der Waals surface area contributed by atoms with E-state index >= 15 is 0 Å². The summed E-state index contributed by atoms with van der Waals surface area (Å²) in [5, 5.41) is 3.94. The lowest BCUT2D eigenvalue weighted by Crippen LogP contribution is -2.11. The van der Waals surface area contributed by atoms with E-state index in [1.165, 1.54) is 18.2 Å². The number of hydrogen-bond donors (Lipinski definition) is 1. The van der Waals surface area contributed by atoms with Crippen LogP contribution in [0.1, 0.15) is 5.76 Å². The van der Waals surface area contributed by atoms with E-state index in [9.17, 15) is 4.39 Å². The number of nitrogens with two attached hydrogens (primary N) is 1. The highest BCUT2D eigenvalue weighted by Gasteiger charge is 2.10. The van der Waals surface area contributed by atoms with Crippen molar-refractivity contribution in [2.75, 3.05) is 0 Å². The molecule has 4 nitrogen and oxygen atoms in total. The molecule has 0 saturated heterocycles. The normalized spacial score (nSPS) is 11.6. The molecular formula is C16H11ClFN3O. The third-order valence-corrected chi connectivity index (χ3v) is 3.27. The quantitative estimate of drug-likeness (QED) is 0.582. The van der Waals surface area contributed by atoms with Crippen molar-refractivity contribution in [1.29, 1.82) is 0 Å². The highest BCUT2D eigenvalue weighted by Crippen LogP contribution is 2.23. The van der Waals surface area contributed by atoms with Gasteiger partial charge in [0.2, 0.25) is 5.76 Å². The molecule has 22 heavy (non-hydrogen) atoms. The number of benzene rings is 2. The standard InChI is InChI=1S/C16H11ClFN3O/c17-12-8-11(6-7-13(12)18)20-16(19)15-9-14(21-22-15)10-4-2-1-3-5-10/h1-9H,(H2,19,20). The fourth-order valence-corrected chi connectivity index (χ4v) is 2.06. The third kappa shape index (κ3) is 2.99. The number of hydrogen-bond acceptors (Lipinski definition) is 3. The van der Waals surface area contributed by atoms with Crippen molar-refractivity contribution in [3.63, 3.8) is 0 Å². The van der Waals surface area contributed by atoms with Crippen molar-refractivity contribution in [3.8, 4) is 11.3 Å². The zero-order chi connectivity index (χ0) is 15.5. The maximum absolute atomic E-state index is 13.1. The largest absolute Gasteiger partial charge is 0.380 e. The van der Waals surface area contributed by atoms with Gasteiger partial charge in [0.25, 0.3) is 0 Å². The van der Waals surface area contributed by atoms with E-state index in [4.69, 9.17) is 21.9 Å². The second-order valence-corrected chi connectivity index (χ2v) is 4.95. The summed E-state index contributed by atoms with van der Waals surface area (Å²) in [5.41, 5.74) is 7.89. The van der Waals surface area contributed by atoms with Gasteiger partial charge in [0.15, 0.2) is 5.84 Å². The molecule has 6 heteroatoms. The molecule has 0 spiro atoms. The van der Waals surface area contributed by atoms with Crippen molar-refractivity contribution in [2.45, 2.75) is 0 Å². The van der Waals surface area contributed by atoms with Crippen LogP contribution in [0.25, 0.3) is 11.3 Å². The fourth-order valence-electron chi connectivity index (χ4n) is 1.89. The Morgan fingerprint density at radius 1 is 1.14 bits per heavy atom. The number of amidine groups is 1. The van der Waals surface area contributed by atoms with Crippen LogP contribution in [0.3, 0.4) is 0 Å². The first-order valence-electron chi connectivity index (χ1n) is 6.45.